The second kappa shape index (κ2) is 10.3. The van der Waals surface area contributed by atoms with Gasteiger partial charge in [-0.3, -0.25) is 4.79 Å². The van der Waals surface area contributed by atoms with Gasteiger partial charge in [0.2, 0.25) is 0 Å². The summed E-state index contributed by atoms with van der Waals surface area (Å²) >= 11 is 0. The summed E-state index contributed by atoms with van der Waals surface area (Å²) in [6, 6.07) is 41.6. The maximum absolute atomic E-state index is 14.4. The van der Waals surface area contributed by atoms with Gasteiger partial charge in [-0.05, 0) is 57.5 Å². The first-order valence-corrected chi connectivity index (χ1v) is 17.1. The van der Waals surface area contributed by atoms with Crippen molar-refractivity contribution in [3.8, 4) is 0 Å². The van der Waals surface area contributed by atoms with Crippen molar-refractivity contribution in [2.75, 3.05) is 0 Å². The number of carbonyl (C=O) groups is 1. The lowest BCUT2D eigenvalue weighted by Crippen LogP contribution is -2.52. The molecule has 38 heavy (non-hydrogen) atoms. The lowest BCUT2D eigenvalue weighted by Gasteiger charge is -2.43. The average Bonchev–Trinajstić information content (AvgIpc) is 2.95. The van der Waals surface area contributed by atoms with Crippen molar-refractivity contribution in [3.05, 3.63) is 126 Å². The van der Waals surface area contributed by atoms with Crippen LogP contribution in [0.4, 0.5) is 0 Å². The number of benzene rings is 5. The topological polar surface area (TPSA) is 17.1 Å². The Labute approximate surface area is 227 Å². The minimum absolute atomic E-state index is 0.0669. The van der Waals surface area contributed by atoms with Gasteiger partial charge in [0.1, 0.15) is 5.78 Å². The van der Waals surface area contributed by atoms with Crippen LogP contribution in [0, 0.1) is 11.8 Å². The number of hydrogen-bond acceptors (Lipinski definition) is 1. The van der Waals surface area contributed by atoms with E-state index in [1.54, 1.807) is 0 Å². The molecule has 0 saturated heterocycles. The Kier molecular flexibility index (Phi) is 6.76. The first-order chi connectivity index (χ1) is 18.5. The third-order valence-electron chi connectivity index (χ3n) is 9.09. The summed E-state index contributed by atoms with van der Waals surface area (Å²) in [5.74, 6) is 0.648. The van der Waals surface area contributed by atoms with Crippen molar-refractivity contribution in [1.29, 1.82) is 0 Å². The van der Waals surface area contributed by atoms with E-state index < -0.39 is 8.07 Å². The molecule has 5 aromatic carbocycles. The number of fused-ring (bicyclic) bond motifs is 2. The van der Waals surface area contributed by atoms with E-state index >= 15 is 0 Å². The molecule has 2 heteroatoms. The van der Waals surface area contributed by atoms with Gasteiger partial charge < -0.3 is 0 Å². The van der Waals surface area contributed by atoms with E-state index in [0.29, 0.717) is 11.3 Å². The van der Waals surface area contributed by atoms with Crippen molar-refractivity contribution < 1.29 is 4.79 Å². The summed E-state index contributed by atoms with van der Waals surface area (Å²) in [5, 5.41) is 6.51. The molecule has 1 nitrogen and oxygen atoms in total. The molecule has 0 bridgehead atoms. The van der Waals surface area contributed by atoms with E-state index in [9.17, 15) is 4.79 Å². The molecule has 6 rings (SSSR count). The molecule has 0 aliphatic heterocycles. The Balaban J connectivity index is 1.33. The van der Waals surface area contributed by atoms with E-state index in [4.69, 9.17) is 0 Å². The van der Waals surface area contributed by atoms with Crippen LogP contribution in [0.1, 0.15) is 24.0 Å². The van der Waals surface area contributed by atoms with Gasteiger partial charge in [0.25, 0.3) is 0 Å². The van der Waals surface area contributed by atoms with E-state index in [-0.39, 0.29) is 11.8 Å². The molecule has 1 aliphatic rings. The van der Waals surface area contributed by atoms with Crippen LogP contribution in [0.2, 0.25) is 18.6 Å². The van der Waals surface area contributed by atoms with Gasteiger partial charge >= 0.3 is 0 Å². The van der Waals surface area contributed by atoms with E-state index in [0.717, 1.165) is 25.7 Å². The van der Waals surface area contributed by atoms with Gasteiger partial charge in [0, 0.05) is 11.8 Å². The smallest absolute Gasteiger partial charge is 0.139 e. The predicted molar refractivity (Wildman–Crippen MR) is 164 cm³/mol. The molecular formula is C36H36OSi. The van der Waals surface area contributed by atoms with Crippen LogP contribution in [-0.4, -0.2) is 13.9 Å². The van der Waals surface area contributed by atoms with Crippen LogP contribution < -0.4 is 5.19 Å². The molecule has 0 heterocycles. The third-order valence-corrected chi connectivity index (χ3v) is 13.5. The lowest BCUT2D eigenvalue weighted by atomic mass is 9.74. The van der Waals surface area contributed by atoms with E-state index in [2.05, 4.69) is 128 Å². The Bertz CT molecular complexity index is 1590. The minimum atomic E-state index is -1.87. The van der Waals surface area contributed by atoms with Gasteiger partial charge in [-0.25, -0.2) is 0 Å². The molecule has 0 N–H and O–H groups in total. The second-order valence-corrected chi connectivity index (χ2v) is 16.5. The molecule has 0 radical (unpaired) electrons. The van der Waals surface area contributed by atoms with Crippen LogP contribution in [0.3, 0.4) is 0 Å². The van der Waals surface area contributed by atoms with Crippen molar-refractivity contribution in [2.24, 2.45) is 11.8 Å². The highest BCUT2D eigenvalue weighted by Crippen LogP contribution is 2.44. The summed E-state index contributed by atoms with van der Waals surface area (Å²) < 4.78 is 0. The van der Waals surface area contributed by atoms with Crippen molar-refractivity contribution in [1.82, 2.24) is 0 Å². The standard InChI is InChI=1S/C36H36OSi/c1-38(2,33-14-4-3-5-15-33)35-21-20-32(24-26-16-18-28-10-6-8-12-30(28)22-26)36(37)34(35)25-27-17-19-29-11-7-9-13-31(29)23-27/h3-19,22-23,32,34-35H,20-21,24-25H2,1-2H3/t32-,34-,35+/m1/s1. The molecule has 1 saturated carbocycles. The van der Waals surface area contributed by atoms with Crippen molar-refractivity contribution in [2.45, 2.75) is 44.3 Å². The number of ketones is 1. The fourth-order valence-electron chi connectivity index (χ4n) is 6.89. The van der Waals surface area contributed by atoms with Crippen LogP contribution in [0.15, 0.2) is 115 Å². The van der Waals surface area contributed by atoms with Gasteiger partial charge in [0.05, 0.1) is 8.07 Å². The number of rotatable bonds is 6. The molecule has 0 aromatic heterocycles. The molecular weight excluding hydrogens is 476 g/mol. The molecule has 0 amide bonds. The highest BCUT2D eigenvalue weighted by Gasteiger charge is 2.46. The summed E-state index contributed by atoms with van der Waals surface area (Å²) in [5.41, 5.74) is 3.01. The number of carbonyl (C=O) groups excluding carboxylic acids is 1. The van der Waals surface area contributed by atoms with Gasteiger partial charge in [0.15, 0.2) is 0 Å². The molecule has 5 aromatic rings. The highest BCUT2D eigenvalue weighted by atomic mass is 28.3. The molecule has 1 fully saturated rings. The highest BCUT2D eigenvalue weighted by molar-refractivity contribution is 6.91. The van der Waals surface area contributed by atoms with E-state index in [1.165, 1.54) is 37.9 Å². The van der Waals surface area contributed by atoms with Crippen LogP contribution in [-0.2, 0) is 17.6 Å². The van der Waals surface area contributed by atoms with E-state index in [1.807, 2.05) is 0 Å². The van der Waals surface area contributed by atoms with Crippen LogP contribution >= 0.6 is 0 Å². The lowest BCUT2D eigenvalue weighted by molar-refractivity contribution is -0.129. The van der Waals surface area contributed by atoms with Gasteiger partial charge in [-0.1, -0.05) is 140 Å². The monoisotopic (exact) mass is 512 g/mol. The maximum atomic E-state index is 14.4. The molecule has 1 aliphatic carbocycles. The Morgan fingerprint density at radius 1 is 0.605 bits per heavy atom. The molecule has 190 valence electrons. The van der Waals surface area contributed by atoms with Gasteiger partial charge in [-0.2, -0.15) is 0 Å². The van der Waals surface area contributed by atoms with Crippen LogP contribution in [0.25, 0.3) is 21.5 Å². The Hall–Kier alpha value is -3.49. The predicted octanol–water partition coefficient (Wildman–Crippen LogP) is 8.36. The fraction of sp³-hybridized carbons (Fsp3) is 0.250. The average molecular weight is 513 g/mol. The SMILES string of the molecule is C[Si](C)(c1ccccc1)[C@H]1CC[C@H](Cc2ccc3ccccc3c2)C(=O)[C@@H]1Cc1ccc2ccccc2c1. The van der Waals surface area contributed by atoms with Crippen LogP contribution in [0.5, 0.6) is 0 Å². The Morgan fingerprint density at radius 3 is 1.74 bits per heavy atom. The summed E-state index contributed by atoms with van der Waals surface area (Å²) in [7, 11) is -1.87. The fourth-order valence-corrected chi connectivity index (χ4v) is 10.5. The minimum Gasteiger partial charge on any atom is -0.299 e. The van der Waals surface area contributed by atoms with Gasteiger partial charge in [-0.15, -0.1) is 0 Å². The van der Waals surface area contributed by atoms with Crippen molar-refractivity contribution in [3.63, 3.8) is 0 Å². The molecule has 0 spiro atoms. The number of Topliss-reactive ketones (excluding diaryl/α,β-unsaturated/α-hetero) is 1. The zero-order valence-corrected chi connectivity index (χ0v) is 23.4. The third kappa shape index (κ3) is 4.86. The number of hydrogen-bond donors (Lipinski definition) is 0. The zero-order chi connectivity index (χ0) is 26.1. The first-order valence-electron chi connectivity index (χ1n) is 14.0. The quantitative estimate of drug-likeness (QED) is 0.209. The summed E-state index contributed by atoms with van der Waals surface area (Å²) in [6.45, 7) is 4.97. The second-order valence-electron chi connectivity index (χ2n) is 11.7. The first kappa shape index (κ1) is 24.8. The van der Waals surface area contributed by atoms with Crippen molar-refractivity contribution >= 4 is 40.6 Å². The summed E-state index contributed by atoms with van der Waals surface area (Å²) in [4.78, 5) is 14.4. The maximum Gasteiger partial charge on any atom is 0.139 e. The normalized spacial score (nSPS) is 20.2. The molecule has 3 atom stereocenters. The largest absolute Gasteiger partial charge is 0.299 e. The zero-order valence-electron chi connectivity index (χ0n) is 22.4. The Morgan fingerprint density at radius 2 is 1.13 bits per heavy atom. The summed E-state index contributed by atoms with van der Waals surface area (Å²) in [6.07, 6.45) is 3.81. The molecule has 0 unspecified atom stereocenters.